The maximum Gasteiger partial charge on any atom is 0.277 e. The predicted molar refractivity (Wildman–Crippen MR) is 120 cm³/mol. The van der Waals surface area contributed by atoms with Gasteiger partial charge in [0, 0.05) is 40.1 Å². The highest BCUT2D eigenvalue weighted by Gasteiger charge is 2.13. The third-order valence-electron chi connectivity index (χ3n) is 4.39. The maximum atomic E-state index is 13.2. The van der Waals surface area contributed by atoms with E-state index in [9.17, 15) is 9.18 Å². The molecular formula is C21H15Cl3FN5O2. The van der Waals surface area contributed by atoms with Crippen molar-refractivity contribution in [2.75, 3.05) is 5.32 Å². The van der Waals surface area contributed by atoms with Gasteiger partial charge in [-0.1, -0.05) is 40.9 Å². The van der Waals surface area contributed by atoms with Crippen LogP contribution >= 0.6 is 34.8 Å². The van der Waals surface area contributed by atoms with Gasteiger partial charge in [0.15, 0.2) is 18.2 Å². The highest BCUT2D eigenvalue weighted by atomic mass is 35.5. The molecule has 0 spiro atoms. The van der Waals surface area contributed by atoms with E-state index in [-0.39, 0.29) is 17.4 Å². The summed E-state index contributed by atoms with van der Waals surface area (Å²) in [5.74, 6) is -0.240. The van der Waals surface area contributed by atoms with Gasteiger partial charge in [0.05, 0.1) is 11.6 Å². The lowest BCUT2D eigenvalue weighted by molar-refractivity contribution is 0.101. The third kappa shape index (κ3) is 5.21. The molecule has 0 aliphatic heterocycles. The van der Waals surface area contributed by atoms with E-state index < -0.39 is 11.7 Å². The first-order valence-corrected chi connectivity index (χ1v) is 10.4. The molecular weight excluding hydrogens is 480 g/mol. The van der Waals surface area contributed by atoms with Crippen LogP contribution in [0.25, 0.3) is 0 Å². The molecule has 0 atom stereocenters. The number of halogens is 4. The highest BCUT2D eigenvalue weighted by molar-refractivity contribution is 6.36. The van der Waals surface area contributed by atoms with E-state index in [1.54, 1.807) is 41.3 Å². The molecule has 0 bridgehead atoms. The van der Waals surface area contributed by atoms with Crippen molar-refractivity contribution in [1.29, 1.82) is 0 Å². The second kappa shape index (κ2) is 9.60. The van der Waals surface area contributed by atoms with E-state index in [2.05, 4.69) is 15.5 Å². The molecule has 1 N–H and O–H groups in total. The smallest absolute Gasteiger partial charge is 0.277 e. The fourth-order valence-corrected chi connectivity index (χ4v) is 3.49. The van der Waals surface area contributed by atoms with Gasteiger partial charge < -0.3 is 10.1 Å². The van der Waals surface area contributed by atoms with Crippen molar-refractivity contribution in [2.45, 2.75) is 13.3 Å². The standard InChI is InChI=1S/C21H15Cl3FN5O2/c22-15-2-1-3-16(23)14(15)11-29-9-7-20(28-29)26-21(31)19-6-8-30(27-19)12-32-13-4-5-18(25)17(24)10-13/h1-10H,11-12H2,(H,26,28,31). The molecule has 2 aromatic carbocycles. The van der Waals surface area contributed by atoms with Crippen LogP contribution < -0.4 is 10.1 Å². The number of anilines is 1. The number of benzene rings is 2. The Labute approximate surface area is 197 Å². The average Bonchev–Trinajstić information content (AvgIpc) is 3.41. The molecule has 164 valence electrons. The van der Waals surface area contributed by atoms with Gasteiger partial charge in [-0.05, 0) is 30.3 Å². The molecule has 2 heterocycles. The van der Waals surface area contributed by atoms with Crippen LogP contribution in [0.1, 0.15) is 16.1 Å². The van der Waals surface area contributed by atoms with E-state index in [1.807, 2.05) is 0 Å². The molecule has 0 saturated heterocycles. The molecule has 1 amide bonds. The van der Waals surface area contributed by atoms with Gasteiger partial charge in [0.1, 0.15) is 11.6 Å². The maximum absolute atomic E-state index is 13.2. The predicted octanol–water partition coefficient (Wildman–Crippen LogP) is 5.52. The molecule has 0 unspecified atom stereocenters. The molecule has 32 heavy (non-hydrogen) atoms. The lowest BCUT2D eigenvalue weighted by atomic mass is 10.2. The van der Waals surface area contributed by atoms with Gasteiger partial charge in [-0.25, -0.2) is 9.07 Å². The lowest BCUT2D eigenvalue weighted by Gasteiger charge is -2.07. The molecule has 0 radical (unpaired) electrons. The SMILES string of the molecule is O=C(Nc1ccn(Cc2c(Cl)cccc2Cl)n1)c1ccn(COc2ccc(F)c(Cl)c2)n1. The molecule has 4 rings (SSSR count). The topological polar surface area (TPSA) is 74.0 Å². The van der Waals surface area contributed by atoms with Gasteiger partial charge in [-0.2, -0.15) is 10.2 Å². The summed E-state index contributed by atoms with van der Waals surface area (Å²) >= 11 is 18.1. The van der Waals surface area contributed by atoms with Crippen LogP contribution in [0.2, 0.25) is 15.1 Å². The van der Waals surface area contributed by atoms with Crippen molar-refractivity contribution in [3.8, 4) is 5.75 Å². The number of amides is 1. The number of ether oxygens (including phenoxy) is 1. The summed E-state index contributed by atoms with van der Waals surface area (Å²) in [6.07, 6.45) is 3.29. The van der Waals surface area contributed by atoms with Crippen LogP contribution in [0.15, 0.2) is 60.9 Å². The van der Waals surface area contributed by atoms with Crippen molar-refractivity contribution in [1.82, 2.24) is 19.6 Å². The molecule has 11 heteroatoms. The van der Waals surface area contributed by atoms with Gasteiger partial charge in [-0.3, -0.25) is 9.48 Å². The number of aromatic nitrogens is 4. The summed E-state index contributed by atoms with van der Waals surface area (Å²) in [5, 5.41) is 12.2. The van der Waals surface area contributed by atoms with E-state index in [0.29, 0.717) is 28.2 Å². The summed E-state index contributed by atoms with van der Waals surface area (Å²) in [6.45, 7) is 0.371. The monoisotopic (exact) mass is 493 g/mol. The van der Waals surface area contributed by atoms with Crippen LogP contribution in [0, 0.1) is 5.82 Å². The van der Waals surface area contributed by atoms with E-state index in [4.69, 9.17) is 39.5 Å². The normalized spacial score (nSPS) is 10.9. The second-order valence-electron chi connectivity index (χ2n) is 6.64. The lowest BCUT2D eigenvalue weighted by Crippen LogP contribution is -2.15. The van der Waals surface area contributed by atoms with Crippen LogP contribution in [0.4, 0.5) is 10.2 Å². The van der Waals surface area contributed by atoms with Crippen LogP contribution in [0.3, 0.4) is 0 Å². The van der Waals surface area contributed by atoms with Crippen molar-refractivity contribution < 1.29 is 13.9 Å². The van der Waals surface area contributed by atoms with Crippen LogP contribution in [-0.4, -0.2) is 25.5 Å². The summed E-state index contributed by atoms with van der Waals surface area (Å²) in [4.78, 5) is 12.5. The Morgan fingerprint density at radius 3 is 2.47 bits per heavy atom. The molecule has 0 saturated carbocycles. The number of hydrogen-bond donors (Lipinski definition) is 1. The summed E-state index contributed by atoms with van der Waals surface area (Å²) in [7, 11) is 0. The number of carbonyl (C=O) groups excluding carboxylic acids is 1. The van der Waals surface area contributed by atoms with Crippen molar-refractivity contribution >= 4 is 46.5 Å². The van der Waals surface area contributed by atoms with E-state index in [0.717, 1.165) is 5.56 Å². The molecule has 0 aliphatic carbocycles. The molecule has 2 aromatic heterocycles. The average molecular weight is 495 g/mol. The van der Waals surface area contributed by atoms with Crippen molar-refractivity contribution in [2.24, 2.45) is 0 Å². The zero-order chi connectivity index (χ0) is 22.7. The zero-order valence-electron chi connectivity index (χ0n) is 16.3. The molecule has 4 aromatic rings. The largest absolute Gasteiger partial charge is 0.471 e. The van der Waals surface area contributed by atoms with E-state index >= 15 is 0 Å². The number of rotatable bonds is 7. The summed E-state index contributed by atoms with van der Waals surface area (Å²) in [5.41, 5.74) is 0.910. The fraction of sp³-hybridized carbons (Fsp3) is 0.0952. The Bertz CT molecular complexity index is 1250. The number of carbonyl (C=O) groups is 1. The minimum Gasteiger partial charge on any atom is -0.471 e. The minimum atomic E-state index is -0.533. The Morgan fingerprint density at radius 2 is 1.72 bits per heavy atom. The Kier molecular flexibility index (Phi) is 6.64. The molecule has 0 aliphatic rings. The molecule has 0 fully saturated rings. The Morgan fingerprint density at radius 1 is 0.969 bits per heavy atom. The first-order valence-electron chi connectivity index (χ1n) is 9.28. The van der Waals surface area contributed by atoms with Gasteiger partial charge in [-0.15, -0.1) is 0 Å². The first kappa shape index (κ1) is 22.1. The number of hydrogen-bond acceptors (Lipinski definition) is 4. The quantitative estimate of drug-likeness (QED) is 0.367. The number of nitrogens with one attached hydrogen (secondary N) is 1. The zero-order valence-corrected chi connectivity index (χ0v) is 18.6. The second-order valence-corrected chi connectivity index (χ2v) is 7.86. The van der Waals surface area contributed by atoms with Gasteiger partial charge in [0.2, 0.25) is 0 Å². The molecule has 7 nitrogen and oxygen atoms in total. The van der Waals surface area contributed by atoms with Crippen molar-refractivity contribution in [3.63, 3.8) is 0 Å². The first-order chi connectivity index (χ1) is 15.4. The van der Waals surface area contributed by atoms with Crippen LogP contribution in [-0.2, 0) is 13.3 Å². The fourth-order valence-electron chi connectivity index (χ4n) is 2.80. The summed E-state index contributed by atoms with van der Waals surface area (Å²) < 4.78 is 21.7. The van der Waals surface area contributed by atoms with E-state index in [1.165, 1.54) is 28.9 Å². The van der Waals surface area contributed by atoms with Gasteiger partial charge in [0.25, 0.3) is 5.91 Å². The van der Waals surface area contributed by atoms with Gasteiger partial charge >= 0.3 is 0 Å². The van der Waals surface area contributed by atoms with Crippen LogP contribution in [0.5, 0.6) is 5.75 Å². The highest BCUT2D eigenvalue weighted by Crippen LogP contribution is 2.25. The Balaban J connectivity index is 1.35. The minimum absolute atomic E-state index is 0.0163. The number of nitrogens with zero attached hydrogens (tertiary/aromatic N) is 4. The summed E-state index contributed by atoms with van der Waals surface area (Å²) in [6, 6.07) is 12.5. The Hall–Kier alpha value is -3.07. The van der Waals surface area contributed by atoms with Crippen molar-refractivity contribution in [3.05, 3.63) is 93.1 Å². The third-order valence-corrected chi connectivity index (χ3v) is 5.39.